The van der Waals surface area contributed by atoms with Gasteiger partial charge in [0.15, 0.2) is 5.69 Å². The molecule has 0 spiro atoms. The van der Waals surface area contributed by atoms with Crippen LogP contribution in [-0.2, 0) is 12.8 Å². The number of nitriles is 1. The number of rotatable bonds is 2. The van der Waals surface area contributed by atoms with Gasteiger partial charge in [0.25, 0.3) is 5.91 Å². The molecule has 5 heteroatoms. The molecule has 128 valence electrons. The zero-order valence-electron chi connectivity index (χ0n) is 14.5. The predicted molar refractivity (Wildman–Crippen MR) is 94.6 cm³/mol. The Kier molecular flexibility index (Phi) is 4.04. The van der Waals surface area contributed by atoms with Crippen molar-refractivity contribution in [2.75, 3.05) is 13.1 Å². The van der Waals surface area contributed by atoms with Crippen LogP contribution < -0.4 is 0 Å². The van der Waals surface area contributed by atoms with Crippen molar-refractivity contribution >= 4 is 5.91 Å². The smallest absolute Gasteiger partial charge is 0.274 e. The van der Waals surface area contributed by atoms with Crippen molar-refractivity contribution in [1.82, 2.24) is 14.7 Å². The third kappa shape index (κ3) is 2.72. The number of carbonyl (C=O) groups is 1. The van der Waals surface area contributed by atoms with Crippen molar-refractivity contribution in [1.29, 1.82) is 5.26 Å². The Morgan fingerprint density at radius 2 is 2.00 bits per heavy atom. The summed E-state index contributed by atoms with van der Waals surface area (Å²) in [5.41, 5.74) is 5.14. The van der Waals surface area contributed by atoms with Gasteiger partial charge in [0, 0.05) is 30.3 Å². The highest BCUT2D eigenvalue weighted by Gasteiger charge is 2.31. The number of fused-ring (bicyclic) bond motifs is 1. The molecule has 0 bridgehead atoms. The van der Waals surface area contributed by atoms with Crippen LogP contribution in [0, 0.1) is 24.2 Å². The van der Waals surface area contributed by atoms with Gasteiger partial charge in [-0.3, -0.25) is 4.79 Å². The summed E-state index contributed by atoms with van der Waals surface area (Å²) in [6.07, 6.45) is 4.51. The maximum Gasteiger partial charge on any atom is 0.274 e. The predicted octanol–water partition coefficient (Wildman–Crippen LogP) is 3.05. The quantitative estimate of drug-likeness (QED) is 0.848. The van der Waals surface area contributed by atoms with E-state index in [1.165, 1.54) is 5.69 Å². The van der Waals surface area contributed by atoms with E-state index in [0.29, 0.717) is 18.8 Å². The number of carbonyl (C=O) groups excluding carboxylic acids is 1. The lowest BCUT2D eigenvalue weighted by Crippen LogP contribution is -2.38. The number of aryl methyl sites for hydroxylation is 1. The SMILES string of the molecule is Cc1ccccc1-n1nc(C(=O)N2CCC(C#N)CC2)c2c1CCC2. The second-order valence-electron chi connectivity index (χ2n) is 7.02. The first-order valence-electron chi connectivity index (χ1n) is 9.04. The van der Waals surface area contributed by atoms with Gasteiger partial charge >= 0.3 is 0 Å². The molecule has 0 atom stereocenters. The highest BCUT2D eigenvalue weighted by Crippen LogP contribution is 2.30. The van der Waals surface area contributed by atoms with Crippen LogP contribution in [-0.4, -0.2) is 33.7 Å². The first-order valence-corrected chi connectivity index (χ1v) is 9.04. The average Bonchev–Trinajstić information content (AvgIpc) is 3.24. The maximum atomic E-state index is 13.1. The van der Waals surface area contributed by atoms with Gasteiger partial charge in [-0.15, -0.1) is 0 Å². The van der Waals surface area contributed by atoms with E-state index in [9.17, 15) is 4.79 Å². The van der Waals surface area contributed by atoms with Crippen LogP contribution in [0.2, 0.25) is 0 Å². The fourth-order valence-corrected chi connectivity index (χ4v) is 3.97. The molecule has 0 unspecified atom stereocenters. The second kappa shape index (κ2) is 6.36. The van der Waals surface area contributed by atoms with Gasteiger partial charge in [0.05, 0.1) is 11.8 Å². The topological polar surface area (TPSA) is 61.9 Å². The summed E-state index contributed by atoms with van der Waals surface area (Å²) in [4.78, 5) is 14.9. The molecule has 1 saturated heterocycles. The lowest BCUT2D eigenvalue weighted by molar-refractivity contribution is 0.0699. The average molecular weight is 334 g/mol. The Labute approximate surface area is 147 Å². The van der Waals surface area contributed by atoms with E-state index >= 15 is 0 Å². The molecule has 2 aromatic rings. The van der Waals surface area contributed by atoms with E-state index < -0.39 is 0 Å². The van der Waals surface area contributed by atoms with E-state index in [4.69, 9.17) is 10.4 Å². The Hall–Kier alpha value is -2.61. The third-order valence-corrected chi connectivity index (χ3v) is 5.44. The van der Waals surface area contributed by atoms with Gasteiger partial charge in [-0.05, 0) is 50.7 Å². The Balaban J connectivity index is 1.68. The van der Waals surface area contributed by atoms with Gasteiger partial charge in [0.2, 0.25) is 0 Å². The largest absolute Gasteiger partial charge is 0.337 e. The molecule has 2 aliphatic rings. The molecule has 1 amide bonds. The van der Waals surface area contributed by atoms with Crippen LogP contribution in [0.15, 0.2) is 24.3 Å². The number of para-hydroxylation sites is 1. The summed E-state index contributed by atoms with van der Waals surface area (Å²) in [7, 11) is 0. The zero-order chi connectivity index (χ0) is 17.4. The fourth-order valence-electron chi connectivity index (χ4n) is 3.97. The van der Waals surface area contributed by atoms with Crippen LogP contribution in [0.5, 0.6) is 0 Å². The molecule has 5 nitrogen and oxygen atoms in total. The highest BCUT2D eigenvalue weighted by molar-refractivity contribution is 5.94. The molecular weight excluding hydrogens is 312 g/mol. The molecule has 0 radical (unpaired) electrons. The molecule has 1 aliphatic carbocycles. The summed E-state index contributed by atoms with van der Waals surface area (Å²) in [5, 5.41) is 13.8. The molecule has 1 aromatic heterocycles. The number of aromatic nitrogens is 2. The minimum absolute atomic E-state index is 0.0295. The first-order chi connectivity index (χ1) is 12.2. The minimum atomic E-state index is 0.0295. The van der Waals surface area contributed by atoms with Crippen LogP contribution in [0.3, 0.4) is 0 Å². The molecule has 1 aromatic carbocycles. The maximum absolute atomic E-state index is 13.1. The van der Waals surface area contributed by atoms with Crippen molar-refractivity contribution < 1.29 is 4.79 Å². The Morgan fingerprint density at radius 3 is 2.72 bits per heavy atom. The lowest BCUT2D eigenvalue weighted by atomic mass is 9.98. The van der Waals surface area contributed by atoms with Crippen LogP contribution in [0.25, 0.3) is 5.69 Å². The molecule has 0 saturated carbocycles. The summed E-state index contributed by atoms with van der Waals surface area (Å²) in [6.45, 7) is 3.39. The fraction of sp³-hybridized carbons (Fsp3) is 0.450. The summed E-state index contributed by atoms with van der Waals surface area (Å²) < 4.78 is 1.98. The van der Waals surface area contributed by atoms with Crippen molar-refractivity contribution in [3.8, 4) is 11.8 Å². The molecule has 0 N–H and O–H groups in total. The van der Waals surface area contributed by atoms with Gasteiger partial charge in [-0.2, -0.15) is 10.4 Å². The van der Waals surface area contributed by atoms with E-state index in [2.05, 4.69) is 25.1 Å². The highest BCUT2D eigenvalue weighted by atomic mass is 16.2. The van der Waals surface area contributed by atoms with E-state index in [1.54, 1.807) is 0 Å². The normalized spacial score (nSPS) is 17.4. The Bertz CT molecular complexity index is 853. The number of nitrogens with zero attached hydrogens (tertiary/aromatic N) is 4. The van der Waals surface area contributed by atoms with Gasteiger partial charge < -0.3 is 4.90 Å². The third-order valence-electron chi connectivity index (χ3n) is 5.44. The number of piperidine rings is 1. The first kappa shape index (κ1) is 15.9. The number of likely N-dealkylation sites (tertiary alicyclic amines) is 1. The van der Waals surface area contributed by atoms with E-state index in [0.717, 1.165) is 48.9 Å². The molecule has 2 heterocycles. The lowest BCUT2D eigenvalue weighted by Gasteiger charge is -2.28. The minimum Gasteiger partial charge on any atom is -0.337 e. The van der Waals surface area contributed by atoms with E-state index in [-0.39, 0.29) is 11.8 Å². The summed E-state index contributed by atoms with van der Waals surface area (Å²) in [5.74, 6) is 0.112. The number of hydrogen-bond donors (Lipinski definition) is 0. The standard InChI is InChI=1S/C20H22N4O/c1-14-5-2-3-7-17(14)24-18-8-4-6-16(18)19(22-24)20(25)23-11-9-15(13-21)10-12-23/h2-3,5,7,15H,4,6,8-12H2,1H3. The van der Waals surface area contributed by atoms with E-state index in [1.807, 2.05) is 21.7 Å². The number of benzene rings is 1. The zero-order valence-corrected chi connectivity index (χ0v) is 14.5. The van der Waals surface area contributed by atoms with Crippen molar-refractivity contribution in [3.63, 3.8) is 0 Å². The van der Waals surface area contributed by atoms with Gasteiger partial charge in [-0.25, -0.2) is 4.68 Å². The van der Waals surface area contributed by atoms with Crippen LogP contribution in [0.4, 0.5) is 0 Å². The van der Waals surface area contributed by atoms with Gasteiger partial charge in [-0.1, -0.05) is 18.2 Å². The summed E-state index contributed by atoms with van der Waals surface area (Å²) in [6, 6.07) is 10.5. The number of hydrogen-bond acceptors (Lipinski definition) is 3. The number of amides is 1. The van der Waals surface area contributed by atoms with Crippen molar-refractivity contribution in [2.45, 2.75) is 39.0 Å². The molecule has 1 fully saturated rings. The Morgan fingerprint density at radius 1 is 1.24 bits per heavy atom. The van der Waals surface area contributed by atoms with Crippen molar-refractivity contribution in [2.24, 2.45) is 5.92 Å². The van der Waals surface area contributed by atoms with Gasteiger partial charge in [0.1, 0.15) is 0 Å². The molecule has 1 aliphatic heterocycles. The monoisotopic (exact) mass is 334 g/mol. The summed E-state index contributed by atoms with van der Waals surface area (Å²) >= 11 is 0. The molecular formula is C20H22N4O. The van der Waals surface area contributed by atoms with Crippen LogP contribution >= 0.6 is 0 Å². The molecule has 25 heavy (non-hydrogen) atoms. The molecule has 4 rings (SSSR count). The van der Waals surface area contributed by atoms with Crippen molar-refractivity contribution in [3.05, 3.63) is 46.8 Å². The second-order valence-corrected chi connectivity index (χ2v) is 7.02. The van der Waals surface area contributed by atoms with Crippen LogP contribution in [0.1, 0.15) is 46.6 Å².